The zero-order chi connectivity index (χ0) is 13.3. The summed E-state index contributed by atoms with van der Waals surface area (Å²) in [6.07, 6.45) is 1.08. The van der Waals surface area contributed by atoms with Crippen molar-refractivity contribution in [1.29, 1.82) is 0 Å². The minimum absolute atomic E-state index is 0.0210. The number of nitrogens with two attached hydrogens (primary N) is 1. The Balaban J connectivity index is 2.86. The van der Waals surface area contributed by atoms with Gasteiger partial charge >= 0.3 is 0 Å². The van der Waals surface area contributed by atoms with Crippen LogP contribution in [0.4, 0.5) is 11.4 Å². The fraction of sp³-hybridized carbons (Fsp3) is 0.571. The van der Waals surface area contributed by atoms with Gasteiger partial charge in [-0.25, -0.2) is 0 Å². The molecule has 0 radical (unpaired) electrons. The fourth-order valence-corrected chi connectivity index (χ4v) is 2.73. The first kappa shape index (κ1) is 14.4. The summed E-state index contributed by atoms with van der Waals surface area (Å²) in [5, 5.41) is 3.53. The van der Waals surface area contributed by atoms with Crippen molar-refractivity contribution in [2.75, 3.05) is 11.1 Å². The van der Waals surface area contributed by atoms with Crippen LogP contribution in [0.15, 0.2) is 22.7 Å². The van der Waals surface area contributed by atoms with E-state index in [4.69, 9.17) is 5.73 Å². The maximum atomic E-state index is 5.98. The van der Waals surface area contributed by atoms with Gasteiger partial charge in [0, 0.05) is 10.0 Å². The zero-order valence-electron chi connectivity index (χ0n) is 11.4. The van der Waals surface area contributed by atoms with E-state index in [2.05, 4.69) is 55.9 Å². The molecule has 96 valence electrons. The molecule has 0 aromatic heterocycles. The summed E-state index contributed by atoms with van der Waals surface area (Å²) < 4.78 is 1.04. The molecule has 1 aromatic carbocycles. The summed E-state index contributed by atoms with van der Waals surface area (Å²) >= 11 is 3.47. The molecule has 0 aliphatic carbocycles. The SMILES string of the molecule is CC(C)(C)CC(C)(C)Nc1cc(Br)ccc1N. The molecule has 0 spiro atoms. The number of anilines is 2. The van der Waals surface area contributed by atoms with Crippen LogP contribution in [0.2, 0.25) is 0 Å². The van der Waals surface area contributed by atoms with Crippen LogP contribution in [0.25, 0.3) is 0 Å². The Morgan fingerprint density at radius 2 is 1.76 bits per heavy atom. The Hall–Kier alpha value is -0.700. The van der Waals surface area contributed by atoms with Gasteiger partial charge in [0.1, 0.15) is 0 Å². The molecule has 0 saturated carbocycles. The molecule has 3 N–H and O–H groups in total. The van der Waals surface area contributed by atoms with E-state index < -0.39 is 0 Å². The third-order valence-electron chi connectivity index (χ3n) is 2.46. The van der Waals surface area contributed by atoms with Gasteiger partial charge in [-0.1, -0.05) is 36.7 Å². The number of nitrogens with one attached hydrogen (secondary N) is 1. The van der Waals surface area contributed by atoms with Crippen molar-refractivity contribution < 1.29 is 0 Å². The lowest BCUT2D eigenvalue weighted by molar-refractivity contribution is 0.302. The monoisotopic (exact) mass is 298 g/mol. The molecule has 0 atom stereocenters. The topological polar surface area (TPSA) is 38.0 Å². The molecule has 1 rings (SSSR count). The van der Waals surface area contributed by atoms with Gasteiger partial charge in [-0.05, 0) is 43.9 Å². The van der Waals surface area contributed by atoms with Crippen molar-refractivity contribution in [3.05, 3.63) is 22.7 Å². The van der Waals surface area contributed by atoms with Gasteiger partial charge in [0.2, 0.25) is 0 Å². The fourth-order valence-electron chi connectivity index (χ4n) is 2.37. The quantitative estimate of drug-likeness (QED) is 0.797. The molecule has 3 heteroatoms. The molecule has 17 heavy (non-hydrogen) atoms. The number of hydrogen-bond donors (Lipinski definition) is 2. The van der Waals surface area contributed by atoms with Crippen molar-refractivity contribution in [2.24, 2.45) is 5.41 Å². The van der Waals surface area contributed by atoms with E-state index in [1.165, 1.54) is 0 Å². The van der Waals surface area contributed by atoms with Gasteiger partial charge in [-0.15, -0.1) is 0 Å². The average molecular weight is 299 g/mol. The molecular formula is C14H23BrN2. The third kappa shape index (κ3) is 4.99. The van der Waals surface area contributed by atoms with E-state index in [1.807, 2.05) is 18.2 Å². The first-order chi connectivity index (χ1) is 7.59. The van der Waals surface area contributed by atoms with E-state index in [1.54, 1.807) is 0 Å². The second kappa shape index (κ2) is 4.89. The predicted molar refractivity (Wildman–Crippen MR) is 80.3 cm³/mol. The Morgan fingerprint density at radius 1 is 1.18 bits per heavy atom. The maximum Gasteiger partial charge on any atom is 0.0589 e. The van der Waals surface area contributed by atoms with E-state index in [-0.39, 0.29) is 11.0 Å². The van der Waals surface area contributed by atoms with Crippen molar-refractivity contribution in [2.45, 2.75) is 46.6 Å². The van der Waals surface area contributed by atoms with Crippen molar-refractivity contribution in [3.63, 3.8) is 0 Å². The second-order valence-corrected chi connectivity index (χ2v) is 7.39. The highest BCUT2D eigenvalue weighted by atomic mass is 79.9. The summed E-state index contributed by atoms with van der Waals surface area (Å²) in [5.74, 6) is 0. The van der Waals surface area contributed by atoms with Crippen LogP contribution in [0.3, 0.4) is 0 Å². The molecular weight excluding hydrogens is 276 g/mol. The van der Waals surface area contributed by atoms with Crippen molar-refractivity contribution in [1.82, 2.24) is 0 Å². The van der Waals surface area contributed by atoms with Crippen LogP contribution >= 0.6 is 15.9 Å². The molecule has 0 unspecified atom stereocenters. The Bertz CT molecular complexity index is 392. The molecule has 0 fully saturated rings. The lowest BCUT2D eigenvalue weighted by atomic mass is 9.81. The van der Waals surface area contributed by atoms with Gasteiger partial charge in [0.25, 0.3) is 0 Å². The Kier molecular flexibility index (Phi) is 4.13. The molecule has 0 amide bonds. The number of rotatable bonds is 3. The third-order valence-corrected chi connectivity index (χ3v) is 2.95. The second-order valence-electron chi connectivity index (χ2n) is 6.48. The van der Waals surface area contributed by atoms with Crippen LogP contribution < -0.4 is 11.1 Å². The largest absolute Gasteiger partial charge is 0.397 e. The molecule has 1 aromatic rings. The molecule has 0 aliphatic rings. The highest BCUT2D eigenvalue weighted by Gasteiger charge is 2.25. The summed E-state index contributed by atoms with van der Waals surface area (Å²) in [5.41, 5.74) is 8.07. The normalized spacial score (nSPS) is 12.6. The number of nitrogen functional groups attached to an aromatic ring is 1. The average Bonchev–Trinajstić information content (AvgIpc) is 2.06. The predicted octanol–water partition coefficient (Wildman–Crippen LogP) is 4.66. The van der Waals surface area contributed by atoms with Gasteiger partial charge < -0.3 is 11.1 Å². The lowest BCUT2D eigenvalue weighted by Crippen LogP contribution is -2.35. The van der Waals surface area contributed by atoms with E-state index in [0.717, 1.165) is 22.3 Å². The van der Waals surface area contributed by atoms with E-state index in [9.17, 15) is 0 Å². The molecule has 0 bridgehead atoms. The summed E-state index contributed by atoms with van der Waals surface area (Å²) in [7, 11) is 0. The smallest absolute Gasteiger partial charge is 0.0589 e. The number of hydrogen-bond acceptors (Lipinski definition) is 2. The summed E-state index contributed by atoms with van der Waals surface area (Å²) in [6.45, 7) is 11.2. The van der Waals surface area contributed by atoms with Crippen molar-refractivity contribution in [3.8, 4) is 0 Å². The van der Waals surface area contributed by atoms with Gasteiger partial charge in [-0.3, -0.25) is 0 Å². The van der Waals surface area contributed by atoms with E-state index >= 15 is 0 Å². The lowest BCUT2D eigenvalue weighted by Gasteiger charge is -2.34. The van der Waals surface area contributed by atoms with Gasteiger partial charge in [-0.2, -0.15) is 0 Å². The van der Waals surface area contributed by atoms with Crippen LogP contribution in [0.1, 0.15) is 41.0 Å². The maximum absolute atomic E-state index is 5.98. The van der Waals surface area contributed by atoms with Crippen molar-refractivity contribution >= 4 is 27.3 Å². The molecule has 0 saturated heterocycles. The summed E-state index contributed by atoms with van der Waals surface area (Å²) in [6, 6.07) is 5.90. The Labute approximate surface area is 113 Å². The number of halogens is 1. The van der Waals surface area contributed by atoms with Gasteiger partial charge in [0.15, 0.2) is 0 Å². The van der Waals surface area contributed by atoms with E-state index in [0.29, 0.717) is 0 Å². The van der Waals surface area contributed by atoms with Crippen LogP contribution in [-0.4, -0.2) is 5.54 Å². The first-order valence-electron chi connectivity index (χ1n) is 5.92. The highest BCUT2D eigenvalue weighted by Crippen LogP contribution is 2.32. The molecule has 0 heterocycles. The minimum Gasteiger partial charge on any atom is -0.397 e. The number of benzene rings is 1. The minimum atomic E-state index is 0.0210. The first-order valence-corrected chi connectivity index (χ1v) is 6.72. The van der Waals surface area contributed by atoms with Crippen LogP contribution in [-0.2, 0) is 0 Å². The highest BCUT2D eigenvalue weighted by molar-refractivity contribution is 9.10. The standard InChI is InChI=1S/C14H23BrN2/c1-13(2,3)9-14(4,5)17-12-8-10(15)6-7-11(12)16/h6-8,17H,9,16H2,1-5H3. The summed E-state index contributed by atoms with van der Waals surface area (Å²) in [4.78, 5) is 0. The van der Waals surface area contributed by atoms with Crippen LogP contribution in [0, 0.1) is 5.41 Å². The zero-order valence-corrected chi connectivity index (χ0v) is 13.0. The van der Waals surface area contributed by atoms with Crippen LogP contribution in [0.5, 0.6) is 0 Å². The molecule has 2 nitrogen and oxygen atoms in total. The molecule has 0 aliphatic heterocycles. The van der Waals surface area contributed by atoms with Gasteiger partial charge in [0.05, 0.1) is 11.4 Å². The Morgan fingerprint density at radius 3 is 2.29 bits per heavy atom.